The van der Waals surface area contributed by atoms with Crippen LogP contribution in [0.2, 0.25) is 0 Å². The molecule has 9 nitrogen and oxygen atoms in total. The van der Waals surface area contributed by atoms with Gasteiger partial charge in [-0.15, -0.1) is 0 Å². The zero-order chi connectivity index (χ0) is 21.5. The number of ether oxygens (including phenoxy) is 1. The van der Waals surface area contributed by atoms with Gasteiger partial charge in [-0.3, -0.25) is 19.2 Å². The van der Waals surface area contributed by atoms with Crippen molar-refractivity contribution < 1.29 is 22.7 Å². The van der Waals surface area contributed by atoms with Crippen molar-refractivity contribution in [3.63, 3.8) is 0 Å². The van der Waals surface area contributed by atoms with E-state index in [2.05, 4.69) is 15.0 Å². The highest BCUT2D eigenvalue weighted by atomic mass is 32.2. The lowest BCUT2D eigenvalue weighted by Crippen LogP contribution is -2.47. The third-order valence-corrected chi connectivity index (χ3v) is 5.95. The fourth-order valence-electron chi connectivity index (χ4n) is 3.07. The Bertz CT molecular complexity index is 1250. The van der Waals surface area contributed by atoms with Crippen molar-refractivity contribution >= 4 is 59.9 Å². The minimum absolute atomic E-state index is 0.162. The van der Waals surface area contributed by atoms with Gasteiger partial charge in [0.15, 0.2) is 11.2 Å². The summed E-state index contributed by atoms with van der Waals surface area (Å²) in [5.41, 5.74) is 1.67. The minimum Gasteiger partial charge on any atom is -0.479 e. The number of carbonyl (C=O) groups is 2. The number of nitrogens with one attached hydrogen (secondary N) is 2. The number of carbonyl (C=O) groups excluding carboxylic acids is 2. The number of benzene rings is 2. The third-order valence-electron chi connectivity index (χ3n) is 4.32. The van der Waals surface area contributed by atoms with E-state index in [-0.39, 0.29) is 23.5 Å². The van der Waals surface area contributed by atoms with Crippen molar-refractivity contribution in [1.82, 2.24) is 4.98 Å². The number of sulfonamides is 1. The zero-order valence-electron chi connectivity index (χ0n) is 16.1. The van der Waals surface area contributed by atoms with Crippen LogP contribution in [0.1, 0.15) is 6.92 Å². The molecule has 3 aromatic rings. The van der Waals surface area contributed by atoms with E-state index in [1.54, 1.807) is 49.4 Å². The lowest BCUT2D eigenvalue weighted by Gasteiger charge is -2.32. The summed E-state index contributed by atoms with van der Waals surface area (Å²) in [5.74, 6) is -0.113. The van der Waals surface area contributed by atoms with Crippen molar-refractivity contribution in [3.8, 4) is 5.75 Å². The Hall–Kier alpha value is -3.18. The maximum absolute atomic E-state index is 12.6. The molecule has 2 N–H and O–H groups in total. The first kappa shape index (κ1) is 20.1. The molecule has 2 amide bonds. The first-order valence-electron chi connectivity index (χ1n) is 8.95. The van der Waals surface area contributed by atoms with Crippen LogP contribution in [-0.2, 0) is 19.6 Å². The number of amides is 2. The molecule has 30 heavy (non-hydrogen) atoms. The van der Waals surface area contributed by atoms with E-state index in [9.17, 15) is 18.0 Å². The van der Waals surface area contributed by atoms with E-state index in [0.29, 0.717) is 27.3 Å². The lowest BCUT2D eigenvalue weighted by atomic mass is 10.2. The van der Waals surface area contributed by atoms with Crippen LogP contribution in [0, 0.1) is 0 Å². The summed E-state index contributed by atoms with van der Waals surface area (Å²) < 4.78 is 31.4. The molecule has 1 aliphatic rings. The molecular weight excluding hydrogens is 428 g/mol. The molecule has 0 saturated heterocycles. The Morgan fingerprint density at radius 3 is 2.80 bits per heavy atom. The van der Waals surface area contributed by atoms with Crippen molar-refractivity contribution in [2.45, 2.75) is 13.0 Å². The predicted molar refractivity (Wildman–Crippen MR) is 116 cm³/mol. The number of fused-ring (bicyclic) bond motifs is 2. The Morgan fingerprint density at radius 1 is 1.27 bits per heavy atom. The van der Waals surface area contributed by atoms with Crippen molar-refractivity contribution in [1.29, 1.82) is 0 Å². The van der Waals surface area contributed by atoms with Gasteiger partial charge in [0.2, 0.25) is 15.9 Å². The number of aromatic nitrogens is 1. The molecule has 0 radical (unpaired) electrons. The van der Waals surface area contributed by atoms with Gasteiger partial charge in [0.25, 0.3) is 5.91 Å². The average molecular weight is 447 g/mol. The normalized spacial score (nSPS) is 16.1. The van der Waals surface area contributed by atoms with Crippen LogP contribution in [0.3, 0.4) is 0 Å². The summed E-state index contributed by atoms with van der Waals surface area (Å²) in [6, 6.07) is 12.1. The van der Waals surface area contributed by atoms with Gasteiger partial charge in [-0.2, -0.15) is 0 Å². The molecule has 1 aromatic heterocycles. The van der Waals surface area contributed by atoms with Gasteiger partial charge in [-0.05, 0) is 37.3 Å². The summed E-state index contributed by atoms with van der Waals surface area (Å²) in [5, 5.41) is 3.02. The fourth-order valence-corrected chi connectivity index (χ4v) is 4.81. The van der Waals surface area contributed by atoms with E-state index in [4.69, 9.17) is 4.74 Å². The Morgan fingerprint density at radius 2 is 2.03 bits per heavy atom. The molecule has 2 heterocycles. The molecule has 0 spiro atoms. The molecule has 11 heteroatoms. The van der Waals surface area contributed by atoms with Crippen molar-refractivity contribution in [2.24, 2.45) is 0 Å². The topological polar surface area (TPSA) is 118 Å². The van der Waals surface area contributed by atoms with Gasteiger partial charge in [-0.1, -0.05) is 23.5 Å². The van der Waals surface area contributed by atoms with Crippen LogP contribution >= 0.6 is 11.3 Å². The van der Waals surface area contributed by atoms with Gasteiger partial charge in [0, 0.05) is 5.69 Å². The first-order chi connectivity index (χ1) is 14.2. The minimum atomic E-state index is -3.42. The van der Waals surface area contributed by atoms with Crippen LogP contribution in [0.5, 0.6) is 5.75 Å². The predicted octanol–water partition coefficient (Wildman–Crippen LogP) is 2.42. The van der Waals surface area contributed by atoms with E-state index >= 15 is 0 Å². The molecule has 0 bridgehead atoms. The summed E-state index contributed by atoms with van der Waals surface area (Å²) >= 11 is 1.16. The number of rotatable bonds is 5. The summed E-state index contributed by atoms with van der Waals surface area (Å²) in [7, 11) is -3.42. The van der Waals surface area contributed by atoms with Crippen LogP contribution in [-0.4, -0.2) is 44.1 Å². The maximum Gasteiger partial charge on any atom is 0.268 e. The highest BCUT2D eigenvalue weighted by molar-refractivity contribution is 7.92. The second kappa shape index (κ2) is 7.58. The molecule has 156 valence electrons. The summed E-state index contributed by atoms with van der Waals surface area (Å²) in [4.78, 5) is 30.8. The van der Waals surface area contributed by atoms with Gasteiger partial charge < -0.3 is 10.1 Å². The Balaban J connectivity index is 1.51. The smallest absolute Gasteiger partial charge is 0.268 e. The molecule has 1 aliphatic heterocycles. The van der Waals surface area contributed by atoms with Gasteiger partial charge in [-0.25, -0.2) is 13.4 Å². The van der Waals surface area contributed by atoms with E-state index < -0.39 is 16.1 Å². The maximum atomic E-state index is 12.6. The number of hydrogen-bond acceptors (Lipinski definition) is 7. The molecule has 0 saturated carbocycles. The lowest BCUT2D eigenvalue weighted by molar-refractivity contribution is -0.127. The number of hydrogen-bond donors (Lipinski definition) is 2. The van der Waals surface area contributed by atoms with Gasteiger partial charge >= 0.3 is 0 Å². The monoisotopic (exact) mass is 446 g/mol. The van der Waals surface area contributed by atoms with Crippen LogP contribution in [0.25, 0.3) is 10.2 Å². The Kier molecular flexibility index (Phi) is 5.08. The summed E-state index contributed by atoms with van der Waals surface area (Å²) in [6.07, 6.45) is 0.374. The molecule has 4 rings (SSSR count). The van der Waals surface area contributed by atoms with E-state index in [1.165, 1.54) is 4.90 Å². The van der Waals surface area contributed by atoms with E-state index in [1.807, 2.05) is 0 Å². The fraction of sp³-hybridized carbons (Fsp3) is 0.211. The average Bonchev–Trinajstić information content (AvgIpc) is 3.05. The summed E-state index contributed by atoms with van der Waals surface area (Å²) in [6.45, 7) is 1.48. The second-order valence-electron chi connectivity index (χ2n) is 6.78. The van der Waals surface area contributed by atoms with Gasteiger partial charge in [0.05, 0.1) is 22.2 Å². The van der Waals surface area contributed by atoms with Crippen LogP contribution in [0.15, 0.2) is 42.5 Å². The van der Waals surface area contributed by atoms with E-state index in [0.717, 1.165) is 17.6 Å². The third kappa shape index (κ3) is 4.21. The van der Waals surface area contributed by atoms with Gasteiger partial charge in [0.1, 0.15) is 12.3 Å². The van der Waals surface area contributed by atoms with Crippen LogP contribution < -0.4 is 19.7 Å². The molecule has 0 fully saturated rings. The number of anilines is 3. The molecule has 1 unspecified atom stereocenters. The molecule has 1 atom stereocenters. The molecular formula is C19H18N4O5S2. The highest BCUT2D eigenvalue weighted by Crippen LogP contribution is 2.33. The first-order valence-corrected chi connectivity index (χ1v) is 11.7. The van der Waals surface area contributed by atoms with Crippen molar-refractivity contribution in [3.05, 3.63) is 42.5 Å². The SMILES string of the molecule is CC1Oc2ccccc2N(CC(=O)Nc2ccc3nc(NS(C)(=O)=O)sc3c2)C1=O. The largest absolute Gasteiger partial charge is 0.479 e. The number of thiazole rings is 1. The highest BCUT2D eigenvalue weighted by Gasteiger charge is 2.32. The number of para-hydroxylation sites is 2. The quantitative estimate of drug-likeness (QED) is 0.622. The standard InChI is InChI=1S/C19H18N4O5S2/c1-11-18(25)23(14-5-3-4-6-15(14)28-11)10-17(24)20-12-7-8-13-16(9-12)29-19(21-13)22-30(2,26)27/h3-9,11H,10H2,1-2H3,(H,20,24)(H,21,22). The van der Waals surface area contributed by atoms with Crippen LogP contribution in [0.4, 0.5) is 16.5 Å². The molecule has 0 aliphatic carbocycles. The molecule has 2 aromatic carbocycles. The Labute approximate surface area is 176 Å². The number of nitrogens with zero attached hydrogens (tertiary/aromatic N) is 2. The second-order valence-corrected chi connectivity index (χ2v) is 9.56. The zero-order valence-corrected chi connectivity index (χ0v) is 17.7. The van der Waals surface area contributed by atoms with Crippen molar-refractivity contribution in [2.75, 3.05) is 27.7 Å².